The Morgan fingerprint density at radius 3 is 1.92 bits per heavy atom. The van der Waals surface area contributed by atoms with Crippen molar-refractivity contribution in [2.75, 3.05) is 0 Å². The molecule has 0 radical (unpaired) electrons. The van der Waals surface area contributed by atoms with Crippen LogP contribution in [0.15, 0.2) is 39.9 Å². The van der Waals surface area contributed by atoms with Crippen LogP contribution < -0.4 is 11.4 Å². The molecule has 9 rings (SSSR count). The van der Waals surface area contributed by atoms with E-state index in [1.165, 1.54) is 36.7 Å². The summed E-state index contributed by atoms with van der Waals surface area (Å²) in [5.41, 5.74) is 1.23. The van der Waals surface area contributed by atoms with Gasteiger partial charge < -0.3 is 0 Å². The molecule has 0 amide bonds. The number of rotatable bonds is 1. The molecule has 1 aromatic carbocycles. The summed E-state index contributed by atoms with van der Waals surface area (Å²) in [5.74, 6) is 3.01. The fourth-order valence-corrected chi connectivity index (χ4v) is 9.27. The number of nitrogens with zero attached hydrogens (tertiary/aromatic N) is 3. The van der Waals surface area contributed by atoms with Crippen molar-refractivity contribution in [3.63, 3.8) is 0 Å². The first-order valence-electron chi connectivity index (χ1n) is 10.3. The highest BCUT2D eigenvalue weighted by atomic mass is 16.2. The summed E-state index contributed by atoms with van der Waals surface area (Å²) < 4.78 is 5.31. The van der Waals surface area contributed by atoms with Gasteiger partial charge in [0, 0.05) is 10.8 Å². The first-order chi connectivity index (χ1) is 12.7. The Morgan fingerprint density at radius 2 is 1.35 bits per heavy atom. The van der Waals surface area contributed by atoms with E-state index in [9.17, 15) is 9.59 Å². The van der Waals surface area contributed by atoms with Gasteiger partial charge in [0.25, 0.3) is 0 Å². The van der Waals surface area contributed by atoms with Crippen LogP contribution in [0.5, 0.6) is 0 Å². The summed E-state index contributed by atoms with van der Waals surface area (Å²) in [5, 5.41) is 0. The number of hydrogen-bond donors (Lipinski definition) is 0. The Bertz CT molecular complexity index is 1060. The summed E-state index contributed by atoms with van der Waals surface area (Å²) in [4.78, 5) is 26.8. The zero-order valence-electron chi connectivity index (χ0n) is 14.5. The lowest BCUT2D eigenvalue weighted by Gasteiger charge is -2.48. The van der Waals surface area contributed by atoms with Gasteiger partial charge in [-0.1, -0.05) is 37.5 Å². The van der Waals surface area contributed by atoms with Crippen molar-refractivity contribution in [3.05, 3.63) is 51.3 Å². The summed E-state index contributed by atoms with van der Waals surface area (Å²) >= 11 is 0. The van der Waals surface area contributed by atoms with Gasteiger partial charge in [-0.05, 0) is 48.6 Å². The average Bonchev–Trinajstić information content (AvgIpc) is 3.42. The summed E-state index contributed by atoms with van der Waals surface area (Å²) in [6, 6.07) is 10.1. The van der Waals surface area contributed by atoms with E-state index in [1.807, 2.05) is 39.7 Å². The van der Waals surface area contributed by atoms with E-state index in [-0.39, 0.29) is 11.4 Å². The van der Waals surface area contributed by atoms with E-state index in [1.54, 1.807) is 0 Å². The van der Waals surface area contributed by atoms with E-state index in [0.29, 0.717) is 40.4 Å². The minimum Gasteiger partial charge on any atom is -0.245 e. The molecule has 0 saturated heterocycles. The molecule has 132 valence electrons. The van der Waals surface area contributed by atoms with Gasteiger partial charge in [-0.15, -0.1) is 0 Å². The van der Waals surface area contributed by atoms with Gasteiger partial charge in [0.05, 0.1) is 17.8 Å². The lowest BCUT2D eigenvalue weighted by molar-refractivity contribution is -0.00428. The van der Waals surface area contributed by atoms with Crippen LogP contribution in [0.25, 0.3) is 5.69 Å². The van der Waals surface area contributed by atoms with Gasteiger partial charge in [-0.3, -0.25) is 0 Å². The molecule has 5 aliphatic carbocycles. The third-order valence-electron chi connectivity index (χ3n) is 9.48. The standard InChI is InChI=1S/C21H21N3O2/c25-18-22(11-7-3-1-4-8-11)19(26)24-17-14-12-13(14)16(23(18)24)20-9-5-2-6-10-21(17,20)15(12)20/h1,3-4,7-8,12-17H,2,5-6,9-10H2/t12?,13-,14+,15?,16-,17-,20+,21-/m1/s1. The van der Waals surface area contributed by atoms with Crippen molar-refractivity contribution in [2.24, 2.45) is 34.5 Å². The Balaban J connectivity index is 1.45. The summed E-state index contributed by atoms with van der Waals surface area (Å²) in [7, 11) is 0. The number of benzene rings is 1. The summed E-state index contributed by atoms with van der Waals surface area (Å²) in [6.07, 6.45) is 6.52. The van der Waals surface area contributed by atoms with Gasteiger partial charge in [-0.2, -0.15) is 0 Å². The molecule has 5 nitrogen and oxygen atoms in total. The molecular formula is C21H21N3O2. The highest BCUT2D eigenvalue weighted by Gasteiger charge is 3.02. The van der Waals surface area contributed by atoms with Crippen molar-refractivity contribution in [2.45, 2.75) is 44.2 Å². The monoisotopic (exact) mass is 347 g/mol. The zero-order chi connectivity index (χ0) is 17.0. The first-order valence-corrected chi connectivity index (χ1v) is 10.3. The SMILES string of the molecule is O=c1n(-c2ccccc2)c(=O)n2n1[C@@H]1[C@@H]3C4C5[C@@]16CCCCC[C@]56[C@H]2[C@@H]43. The Morgan fingerprint density at radius 1 is 0.769 bits per heavy atom. The van der Waals surface area contributed by atoms with Gasteiger partial charge >= 0.3 is 11.4 Å². The summed E-state index contributed by atoms with van der Waals surface area (Å²) in [6.45, 7) is 0. The normalized spacial score (nSPS) is 50.2. The van der Waals surface area contributed by atoms with E-state index in [2.05, 4.69) is 0 Å². The average molecular weight is 347 g/mol. The second kappa shape index (κ2) is 3.54. The molecule has 5 saturated carbocycles. The molecule has 2 aromatic rings. The molecule has 3 heterocycles. The van der Waals surface area contributed by atoms with Gasteiger partial charge in [0.2, 0.25) is 0 Å². The minimum atomic E-state index is -0.0972. The molecule has 1 aromatic heterocycles. The fraction of sp³-hybridized carbons (Fsp3) is 0.619. The predicted octanol–water partition coefficient (Wildman–Crippen LogP) is 2.35. The molecule has 2 aliphatic heterocycles. The minimum absolute atomic E-state index is 0.0972. The van der Waals surface area contributed by atoms with Gasteiger partial charge in [0.15, 0.2) is 0 Å². The highest BCUT2D eigenvalue weighted by molar-refractivity contribution is 5.49. The van der Waals surface area contributed by atoms with E-state index in [0.717, 1.165) is 11.8 Å². The molecule has 0 N–H and O–H groups in total. The smallest absolute Gasteiger partial charge is 0.245 e. The topological polar surface area (TPSA) is 48.9 Å². The molecular weight excluding hydrogens is 326 g/mol. The first kappa shape index (κ1) is 13.2. The van der Waals surface area contributed by atoms with E-state index < -0.39 is 0 Å². The van der Waals surface area contributed by atoms with Crippen LogP contribution in [0.4, 0.5) is 0 Å². The van der Waals surface area contributed by atoms with Crippen molar-refractivity contribution >= 4 is 0 Å². The molecule has 2 unspecified atom stereocenters. The van der Waals surface area contributed by atoms with Crippen molar-refractivity contribution in [1.82, 2.24) is 13.9 Å². The van der Waals surface area contributed by atoms with Crippen LogP contribution >= 0.6 is 0 Å². The molecule has 26 heavy (non-hydrogen) atoms. The number of para-hydroxylation sites is 1. The van der Waals surface area contributed by atoms with Gasteiger partial charge in [-0.25, -0.2) is 23.5 Å². The van der Waals surface area contributed by atoms with E-state index >= 15 is 0 Å². The predicted molar refractivity (Wildman–Crippen MR) is 94.3 cm³/mol. The maximum absolute atomic E-state index is 13.4. The third-order valence-corrected chi connectivity index (χ3v) is 9.48. The quantitative estimate of drug-likeness (QED) is 0.795. The third kappa shape index (κ3) is 0.946. The van der Waals surface area contributed by atoms with E-state index in [4.69, 9.17) is 0 Å². The van der Waals surface area contributed by atoms with Crippen LogP contribution in [-0.2, 0) is 0 Å². The molecule has 5 fully saturated rings. The Hall–Kier alpha value is -2.04. The van der Waals surface area contributed by atoms with Crippen LogP contribution in [0, 0.1) is 34.5 Å². The van der Waals surface area contributed by atoms with Crippen molar-refractivity contribution < 1.29 is 0 Å². The number of hydrogen-bond acceptors (Lipinski definition) is 2. The highest BCUT2D eigenvalue weighted by Crippen LogP contribution is 3.04. The zero-order valence-corrected chi connectivity index (χ0v) is 14.5. The molecule has 2 spiro atoms. The Labute approximate surface area is 150 Å². The van der Waals surface area contributed by atoms with Gasteiger partial charge in [0.1, 0.15) is 0 Å². The van der Waals surface area contributed by atoms with Crippen molar-refractivity contribution in [3.8, 4) is 5.69 Å². The van der Waals surface area contributed by atoms with Crippen LogP contribution in [0.3, 0.4) is 0 Å². The molecule has 2 bridgehead atoms. The molecule has 5 heteroatoms. The molecule has 7 aliphatic rings. The van der Waals surface area contributed by atoms with Crippen molar-refractivity contribution in [1.29, 1.82) is 0 Å². The second-order valence-corrected chi connectivity index (χ2v) is 9.67. The Kier molecular flexibility index (Phi) is 1.79. The second-order valence-electron chi connectivity index (χ2n) is 9.67. The largest absolute Gasteiger partial charge is 0.352 e. The lowest BCUT2D eigenvalue weighted by Crippen LogP contribution is -2.52. The van der Waals surface area contributed by atoms with Crippen LogP contribution in [0.1, 0.15) is 44.2 Å². The van der Waals surface area contributed by atoms with Crippen LogP contribution in [0.2, 0.25) is 0 Å². The fourth-order valence-electron chi connectivity index (χ4n) is 9.27. The molecule has 8 atom stereocenters. The number of aromatic nitrogens is 3. The maximum Gasteiger partial charge on any atom is 0.352 e. The van der Waals surface area contributed by atoms with Crippen LogP contribution in [-0.4, -0.2) is 13.9 Å². The lowest BCUT2D eigenvalue weighted by atomic mass is 9.69. The maximum atomic E-state index is 13.4.